The molecule has 1 atom stereocenters. The Balaban J connectivity index is 1.26. The van der Waals surface area contributed by atoms with Gasteiger partial charge in [-0.2, -0.15) is 0 Å². The van der Waals surface area contributed by atoms with E-state index in [1.54, 1.807) is 0 Å². The molecule has 228 valence electrons. The summed E-state index contributed by atoms with van der Waals surface area (Å²) in [6.07, 6.45) is 9.84. The third-order valence-electron chi connectivity index (χ3n) is 9.76. The van der Waals surface area contributed by atoms with Crippen molar-refractivity contribution in [2.24, 2.45) is 0 Å². The number of nitrogens with zero attached hydrogens (tertiary/aromatic N) is 4. The van der Waals surface area contributed by atoms with Crippen molar-refractivity contribution >= 4 is 35.0 Å². The molecule has 6 nitrogen and oxygen atoms in total. The van der Waals surface area contributed by atoms with Crippen molar-refractivity contribution in [2.75, 3.05) is 59.4 Å². The summed E-state index contributed by atoms with van der Waals surface area (Å²) < 4.78 is 0. The normalized spacial score (nSPS) is 20.7. The first-order chi connectivity index (χ1) is 20.4. The summed E-state index contributed by atoms with van der Waals surface area (Å²) in [5.41, 5.74) is 1.44. The Bertz CT molecular complexity index is 1190. The van der Waals surface area contributed by atoms with E-state index in [1.807, 2.05) is 60.5 Å². The van der Waals surface area contributed by atoms with E-state index < -0.39 is 0 Å². The Hall–Kier alpha value is -2.12. The Kier molecular flexibility index (Phi) is 10.9. The summed E-state index contributed by atoms with van der Waals surface area (Å²) in [5, 5.41) is 1.08. The van der Waals surface area contributed by atoms with Crippen LogP contribution in [-0.2, 0) is 4.79 Å². The van der Waals surface area contributed by atoms with Crippen LogP contribution < -0.4 is 0 Å². The van der Waals surface area contributed by atoms with Crippen LogP contribution in [0.3, 0.4) is 0 Å². The van der Waals surface area contributed by atoms with Gasteiger partial charge < -0.3 is 14.7 Å². The summed E-state index contributed by atoms with van der Waals surface area (Å²) >= 11 is 12.7. The zero-order valence-corrected chi connectivity index (χ0v) is 26.6. The summed E-state index contributed by atoms with van der Waals surface area (Å²) in [4.78, 5) is 36.3. The van der Waals surface area contributed by atoms with Crippen LogP contribution in [0.15, 0.2) is 48.5 Å². The molecule has 42 heavy (non-hydrogen) atoms. The van der Waals surface area contributed by atoms with Crippen LogP contribution in [-0.4, -0.2) is 96.4 Å². The number of amides is 2. The number of likely N-dealkylation sites (N-methyl/N-ethyl adjacent to an activating group) is 1. The fourth-order valence-electron chi connectivity index (χ4n) is 7.21. The smallest absolute Gasteiger partial charge is 0.253 e. The number of carbonyl (C=O) groups is 2. The molecule has 0 radical (unpaired) electrons. The molecule has 2 aromatic carbocycles. The minimum absolute atomic E-state index is 0.0150. The number of hydrogen-bond acceptors (Lipinski definition) is 4. The van der Waals surface area contributed by atoms with Crippen LogP contribution in [0.1, 0.15) is 79.6 Å². The van der Waals surface area contributed by atoms with E-state index in [-0.39, 0.29) is 17.4 Å². The first-order valence-corrected chi connectivity index (χ1v) is 16.7. The molecule has 0 aromatic heterocycles. The third-order valence-corrected chi connectivity index (χ3v) is 10.5. The maximum atomic E-state index is 14.1. The fraction of sp³-hybridized carbons (Fsp3) is 0.588. The van der Waals surface area contributed by atoms with E-state index in [0.29, 0.717) is 28.1 Å². The minimum Gasteiger partial charge on any atom is -0.341 e. The molecule has 0 unspecified atom stereocenters. The van der Waals surface area contributed by atoms with Gasteiger partial charge in [0.2, 0.25) is 5.91 Å². The molecular weight excluding hydrogens is 567 g/mol. The van der Waals surface area contributed by atoms with Crippen LogP contribution in [0.5, 0.6) is 0 Å². The molecule has 2 aromatic rings. The number of halogens is 2. The van der Waals surface area contributed by atoms with Crippen LogP contribution in [0.2, 0.25) is 10.0 Å². The predicted molar refractivity (Wildman–Crippen MR) is 171 cm³/mol. The lowest BCUT2D eigenvalue weighted by molar-refractivity contribution is -0.150. The average Bonchev–Trinajstić information content (AvgIpc) is 3.05. The van der Waals surface area contributed by atoms with Crippen molar-refractivity contribution in [2.45, 2.75) is 69.2 Å². The zero-order valence-electron chi connectivity index (χ0n) is 25.1. The van der Waals surface area contributed by atoms with E-state index in [9.17, 15) is 9.59 Å². The lowest BCUT2D eigenvalue weighted by atomic mass is 9.82. The first kappa shape index (κ1) is 31.3. The molecule has 3 fully saturated rings. The van der Waals surface area contributed by atoms with Crippen molar-refractivity contribution in [1.29, 1.82) is 0 Å². The first-order valence-electron chi connectivity index (χ1n) is 15.9. The van der Waals surface area contributed by atoms with Gasteiger partial charge in [-0.15, -0.1) is 0 Å². The Morgan fingerprint density at radius 3 is 2.12 bits per heavy atom. The van der Waals surface area contributed by atoms with Crippen LogP contribution in [0.25, 0.3) is 0 Å². The van der Waals surface area contributed by atoms with Gasteiger partial charge in [0.25, 0.3) is 5.91 Å². The molecule has 3 heterocycles. The van der Waals surface area contributed by atoms with Gasteiger partial charge in [0.1, 0.15) is 5.54 Å². The molecule has 0 aliphatic carbocycles. The van der Waals surface area contributed by atoms with Gasteiger partial charge >= 0.3 is 0 Å². The van der Waals surface area contributed by atoms with Gasteiger partial charge in [-0.25, -0.2) is 0 Å². The fourth-order valence-corrected chi connectivity index (χ4v) is 7.51. The van der Waals surface area contributed by atoms with Gasteiger partial charge in [0.05, 0.1) is 10.0 Å². The topological polar surface area (TPSA) is 47.1 Å². The van der Waals surface area contributed by atoms with E-state index in [0.717, 1.165) is 83.5 Å². The maximum Gasteiger partial charge on any atom is 0.253 e. The number of carbonyl (C=O) groups excluding carboxylic acids is 2. The highest BCUT2D eigenvalue weighted by molar-refractivity contribution is 6.42. The zero-order chi connectivity index (χ0) is 29.5. The van der Waals surface area contributed by atoms with E-state index in [1.165, 1.54) is 25.7 Å². The van der Waals surface area contributed by atoms with Crippen molar-refractivity contribution in [3.8, 4) is 0 Å². The molecule has 3 saturated heterocycles. The molecule has 5 rings (SSSR count). The molecule has 0 bridgehead atoms. The standard InChI is InChI=1S/C34H46Cl2N4O2/c1-37(32(41)27-11-5-2-6-12-27)26-29(28-13-14-30(35)31(36)25-28)15-22-38-23-16-34(17-24-38,40-20-9-4-10-21-40)33(42)39-18-7-3-8-19-39/h2,5-6,11-14,25,29H,3-4,7-10,15-24,26H2,1H3/t29-/m1/s1. The van der Waals surface area contributed by atoms with Crippen LogP contribution in [0, 0.1) is 0 Å². The largest absolute Gasteiger partial charge is 0.341 e. The molecule has 0 saturated carbocycles. The lowest BCUT2D eigenvalue weighted by Gasteiger charge is -2.51. The van der Waals surface area contributed by atoms with Gasteiger partial charge in [0.15, 0.2) is 0 Å². The molecule has 0 spiro atoms. The second-order valence-electron chi connectivity index (χ2n) is 12.5. The van der Waals surface area contributed by atoms with Crippen LogP contribution >= 0.6 is 23.2 Å². The third kappa shape index (κ3) is 7.32. The highest BCUT2D eigenvalue weighted by atomic mass is 35.5. The highest BCUT2D eigenvalue weighted by Crippen LogP contribution is 2.35. The molecule has 0 N–H and O–H groups in total. The van der Waals surface area contributed by atoms with Crippen molar-refractivity contribution in [3.63, 3.8) is 0 Å². The molecule has 3 aliphatic heterocycles. The minimum atomic E-state index is -0.348. The molecule has 3 aliphatic rings. The maximum absolute atomic E-state index is 14.1. The quantitative estimate of drug-likeness (QED) is 0.321. The summed E-state index contributed by atoms with van der Waals surface area (Å²) in [5.74, 6) is 0.515. The molecule has 2 amide bonds. The SMILES string of the molecule is CN(C[C@@H](CCN1CCC(C(=O)N2CCCCC2)(N2CCCCC2)CC1)c1ccc(Cl)c(Cl)c1)C(=O)c1ccccc1. The van der Waals surface area contributed by atoms with E-state index in [2.05, 4.69) is 14.7 Å². The number of rotatable bonds is 9. The number of likely N-dealkylation sites (tertiary alicyclic amines) is 3. The summed E-state index contributed by atoms with van der Waals surface area (Å²) in [7, 11) is 1.87. The van der Waals surface area contributed by atoms with Gasteiger partial charge in [-0.05, 0) is 101 Å². The lowest BCUT2D eigenvalue weighted by Crippen LogP contribution is -2.65. The Labute approximate surface area is 261 Å². The number of benzene rings is 2. The summed E-state index contributed by atoms with van der Waals surface area (Å²) in [6, 6.07) is 15.3. The van der Waals surface area contributed by atoms with Gasteiger partial charge in [-0.3, -0.25) is 14.5 Å². The second kappa shape index (κ2) is 14.6. The Morgan fingerprint density at radius 1 is 0.833 bits per heavy atom. The van der Waals surface area contributed by atoms with Crippen molar-refractivity contribution in [3.05, 3.63) is 69.7 Å². The average molecular weight is 614 g/mol. The predicted octanol–water partition coefficient (Wildman–Crippen LogP) is 6.57. The van der Waals surface area contributed by atoms with Gasteiger partial charge in [0, 0.05) is 51.3 Å². The van der Waals surface area contributed by atoms with E-state index >= 15 is 0 Å². The molecular formula is C34H46Cl2N4O2. The second-order valence-corrected chi connectivity index (χ2v) is 13.3. The molecule has 8 heteroatoms. The highest BCUT2D eigenvalue weighted by Gasteiger charge is 2.48. The monoisotopic (exact) mass is 612 g/mol. The van der Waals surface area contributed by atoms with Crippen molar-refractivity contribution in [1.82, 2.24) is 19.6 Å². The summed E-state index contributed by atoms with van der Waals surface area (Å²) in [6.45, 7) is 7.25. The van der Waals surface area contributed by atoms with E-state index in [4.69, 9.17) is 23.2 Å². The van der Waals surface area contributed by atoms with Gasteiger partial charge in [-0.1, -0.05) is 53.9 Å². The number of hydrogen-bond donors (Lipinski definition) is 0. The van der Waals surface area contributed by atoms with Crippen molar-refractivity contribution < 1.29 is 9.59 Å². The van der Waals surface area contributed by atoms with Crippen LogP contribution in [0.4, 0.5) is 0 Å². The Morgan fingerprint density at radius 2 is 1.48 bits per heavy atom. The number of piperidine rings is 3.